The number of amides is 1. The van der Waals surface area contributed by atoms with Gasteiger partial charge in [0.1, 0.15) is 11.6 Å². The van der Waals surface area contributed by atoms with Gasteiger partial charge >= 0.3 is 0 Å². The first kappa shape index (κ1) is 20.2. The van der Waals surface area contributed by atoms with Gasteiger partial charge in [-0.3, -0.25) is 4.79 Å². The standard InChI is InChI=1S/C19H16ClFN2O4S2/c20-12-1-7-15(8-2-12)27-9-18(24)22-19-23(14-5-3-13(21)4-6-14)16-10-29(25,26)11-17(16)28-19/h1-8,16-17H,9-11H2/t16-,17+/m0/s1. The zero-order chi connectivity index (χ0) is 20.6. The first-order valence-electron chi connectivity index (χ1n) is 8.72. The highest BCUT2D eigenvalue weighted by atomic mass is 35.5. The van der Waals surface area contributed by atoms with E-state index in [1.807, 2.05) is 0 Å². The number of benzene rings is 2. The van der Waals surface area contributed by atoms with Gasteiger partial charge in [0.15, 0.2) is 21.6 Å². The monoisotopic (exact) mass is 454 g/mol. The second-order valence-corrected chi connectivity index (χ2v) is 10.5. The van der Waals surface area contributed by atoms with Gasteiger partial charge in [-0.25, -0.2) is 12.8 Å². The second-order valence-electron chi connectivity index (χ2n) is 6.68. The van der Waals surface area contributed by atoms with Gasteiger partial charge in [-0.1, -0.05) is 23.4 Å². The number of carbonyl (C=O) groups excluding carboxylic acids is 1. The first-order valence-corrected chi connectivity index (χ1v) is 11.8. The number of anilines is 1. The van der Waals surface area contributed by atoms with Gasteiger partial charge < -0.3 is 9.64 Å². The number of sulfone groups is 1. The number of halogens is 2. The molecule has 2 aromatic carbocycles. The Bertz CT molecular complexity index is 1060. The predicted molar refractivity (Wildman–Crippen MR) is 112 cm³/mol. The number of ether oxygens (including phenoxy) is 1. The fraction of sp³-hybridized carbons (Fsp3) is 0.263. The molecule has 152 valence electrons. The molecule has 2 aromatic rings. The molecular formula is C19H16ClFN2O4S2. The Hall–Kier alpha value is -2.10. The van der Waals surface area contributed by atoms with Crippen LogP contribution in [0.5, 0.6) is 5.75 Å². The second kappa shape index (κ2) is 7.97. The molecule has 6 nitrogen and oxygen atoms in total. The van der Waals surface area contributed by atoms with Crippen LogP contribution in [0.3, 0.4) is 0 Å². The number of aliphatic imine (C=N–C) groups is 1. The van der Waals surface area contributed by atoms with Gasteiger partial charge in [0.2, 0.25) is 0 Å². The molecule has 0 saturated carbocycles. The highest BCUT2D eigenvalue weighted by Crippen LogP contribution is 2.40. The third-order valence-corrected chi connectivity index (χ3v) is 8.03. The van der Waals surface area contributed by atoms with Gasteiger partial charge in [0.25, 0.3) is 5.91 Å². The zero-order valence-electron chi connectivity index (χ0n) is 15.0. The predicted octanol–water partition coefficient (Wildman–Crippen LogP) is 3.16. The molecule has 2 saturated heterocycles. The average molecular weight is 455 g/mol. The van der Waals surface area contributed by atoms with E-state index in [0.717, 1.165) is 0 Å². The molecule has 2 heterocycles. The van der Waals surface area contributed by atoms with Gasteiger partial charge in [-0.05, 0) is 48.5 Å². The van der Waals surface area contributed by atoms with Gasteiger partial charge in [0.05, 0.1) is 17.5 Å². The van der Waals surface area contributed by atoms with Crippen LogP contribution in [0.15, 0.2) is 53.5 Å². The lowest BCUT2D eigenvalue weighted by molar-refractivity contribution is -0.119. The van der Waals surface area contributed by atoms with E-state index in [9.17, 15) is 17.6 Å². The summed E-state index contributed by atoms with van der Waals surface area (Å²) >= 11 is 7.07. The molecule has 0 aromatic heterocycles. The van der Waals surface area contributed by atoms with Crippen LogP contribution in [0.25, 0.3) is 0 Å². The van der Waals surface area contributed by atoms with Crippen LogP contribution >= 0.6 is 23.4 Å². The molecule has 4 rings (SSSR count). The van der Waals surface area contributed by atoms with Crippen molar-refractivity contribution in [1.82, 2.24) is 0 Å². The molecule has 0 N–H and O–H groups in total. The van der Waals surface area contributed by atoms with Gasteiger partial charge in [-0.2, -0.15) is 4.99 Å². The minimum atomic E-state index is -3.17. The van der Waals surface area contributed by atoms with Crippen LogP contribution in [0, 0.1) is 5.82 Å². The minimum Gasteiger partial charge on any atom is -0.484 e. The largest absolute Gasteiger partial charge is 0.484 e. The number of rotatable bonds is 4. The van der Waals surface area contributed by atoms with Crippen molar-refractivity contribution in [3.63, 3.8) is 0 Å². The Labute approximate surface area is 176 Å². The summed E-state index contributed by atoms with van der Waals surface area (Å²) < 4.78 is 42.9. The Morgan fingerprint density at radius 1 is 1.17 bits per heavy atom. The number of hydrogen-bond acceptors (Lipinski definition) is 5. The fourth-order valence-electron chi connectivity index (χ4n) is 3.28. The molecule has 0 spiro atoms. The topological polar surface area (TPSA) is 76.0 Å². The molecule has 2 aliphatic rings. The summed E-state index contributed by atoms with van der Waals surface area (Å²) in [7, 11) is -3.17. The van der Waals surface area contributed by atoms with E-state index in [0.29, 0.717) is 21.6 Å². The molecule has 0 unspecified atom stereocenters. The smallest absolute Gasteiger partial charge is 0.285 e. The van der Waals surface area contributed by atoms with E-state index in [-0.39, 0.29) is 29.4 Å². The molecule has 2 aliphatic heterocycles. The summed E-state index contributed by atoms with van der Waals surface area (Å²) in [5, 5.41) is 0.725. The normalized spacial score (nSPS) is 23.9. The highest BCUT2D eigenvalue weighted by Gasteiger charge is 2.49. The summed E-state index contributed by atoms with van der Waals surface area (Å²) in [6.07, 6.45) is 0. The molecule has 0 aliphatic carbocycles. The van der Waals surface area contributed by atoms with E-state index >= 15 is 0 Å². The van der Waals surface area contributed by atoms with Crippen molar-refractivity contribution in [1.29, 1.82) is 0 Å². The van der Waals surface area contributed by atoms with Crippen LogP contribution in [0.4, 0.5) is 10.1 Å². The van der Waals surface area contributed by atoms with Crippen LogP contribution in [0.2, 0.25) is 5.02 Å². The molecule has 10 heteroatoms. The minimum absolute atomic E-state index is 0.0223. The quantitative estimate of drug-likeness (QED) is 0.706. The van der Waals surface area contributed by atoms with E-state index < -0.39 is 21.6 Å². The number of amidine groups is 1. The average Bonchev–Trinajstić information content (AvgIpc) is 3.13. The molecule has 29 heavy (non-hydrogen) atoms. The van der Waals surface area contributed by atoms with Crippen molar-refractivity contribution in [2.75, 3.05) is 23.0 Å². The van der Waals surface area contributed by atoms with Crippen molar-refractivity contribution in [2.24, 2.45) is 4.99 Å². The van der Waals surface area contributed by atoms with Crippen molar-refractivity contribution >= 4 is 50.0 Å². The first-order chi connectivity index (χ1) is 13.8. The van der Waals surface area contributed by atoms with E-state index in [4.69, 9.17) is 16.3 Å². The summed E-state index contributed by atoms with van der Waals surface area (Å²) in [5.74, 6) is -0.426. The Morgan fingerprint density at radius 3 is 2.55 bits per heavy atom. The molecule has 2 atom stereocenters. The number of fused-ring (bicyclic) bond motifs is 1. The Balaban J connectivity index is 1.54. The van der Waals surface area contributed by atoms with Crippen LogP contribution in [0.1, 0.15) is 0 Å². The highest BCUT2D eigenvalue weighted by molar-refractivity contribution is 8.16. The maximum Gasteiger partial charge on any atom is 0.285 e. The molecule has 2 fully saturated rings. The van der Waals surface area contributed by atoms with E-state index in [1.54, 1.807) is 41.3 Å². The summed E-state index contributed by atoms with van der Waals surface area (Å²) in [6.45, 7) is -0.267. The Morgan fingerprint density at radius 2 is 1.86 bits per heavy atom. The lowest BCUT2D eigenvalue weighted by atomic mass is 10.2. The molecule has 0 radical (unpaired) electrons. The maximum atomic E-state index is 13.3. The number of thioether (sulfide) groups is 1. The van der Waals surface area contributed by atoms with Gasteiger partial charge in [0, 0.05) is 16.0 Å². The Kier molecular flexibility index (Phi) is 5.54. The summed E-state index contributed by atoms with van der Waals surface area (Å²) in [6, 6.07) is 11.9. The lowest BCUT2D eigenvalue weighted by Crippen LogP contribution is -2.37. The number of hydrogen-bond donors (Lipinski definition) is 0. The van der Waals surface area contributed by atoms with Crippen molar-refractivity contribution < 1.29 is 22.3 Å². The van der Waals surface area contributed by atoms with Crippen molar-refractivity contribution in [2.45, 2.75) is 11.3 Å². The lowest BCUT2D eigenvalue weighted by Gasteiger charge is -2.24. The SMILES string of the molecule is O=C(COc1ccc(Cl)cc1)N=C1S[C@@H]2CS(=O)(=O)C[C@@H]2N1c1ccc(F)cc1. The molecule has 0 bridgehead atoms. The molecule has 1 amide bonds. The summed E-state index contributed by atoms with van der Waals surface area (Å²) in [4.78, 5) is 18.2. The van der Waals surface area contributed by atoms with Crippen molar-refractivity contribution in [3.05, 3.63) is 59.4 Å². The van der Waals surface area contributed by atoms with Gasteiger partial charge in [-0.15, -0.1) is 0 Å². The third kappa shape index (κ3) is 4.57. The molecular weight excluding hydrogens is 439 g/mol. The van der Waals surface area contributed by atoms with E-state index in [1.165, 1.54) is 23.9 Å². The van der Waals surface area contributed by atoms with E-state index in [2.05, 4.69) is 4.99 Å². The zero-order valence-corrected chi connectivity index (χ0v) is 17.4. The number of carbonyl (C=O) groups is 1. The van der Waals surface area contributed by atoms with Crippen LogP contribution < -0.4 is 9.64 Å². The third-order valence-electron chi connectivity index (χ3n) is 4.57. The van der Waals surface area contributed by atoms with Crippen molar-refractivity contribution in [3.8, 4) is 5.75 Å². The maximum absolute atomic E-state index is 13.3. The fourth-order valence-corrected chi connectivity index (χ4v) is 7.34. The summed E-state index contributed by atoms with van der Waals surface area (Å²) in [5.41, 5.74) is 0.591. The number of nitrogens with zero attached hydrogens (tertiary/aromatic N) is 2. The van der Waals surface area contributed by atoms with Crippen LogP contribution in [-0.2, 0) is 14.6 Å². The van der Waals surface area contributed by atoms with Crippen LogP contribution in [-0.4, -0.2) is 48.9 Å².